The Labute approximate surface area is 200 Å². The van der Waals surface area contributed by atoms with Crippen molar-refractivity contribution in [3.63, 3.8) is 0 Å². The van der Waals surface area contributed by atoms with Crippen molar-refractivity contribution < 1.29 is 13.9 Å². The van der Waals surface area contributed by atoms with E-state index < -0.39 is 0 Å². The molecule has 2 N–H and O–H groups in total. The molecule has 0 spiro atoms. The highest BCUT2D eigenvalue weighted by Crippen LogP contribution is 2.29. The molecule has 0 saturated carbocycles. The Morgan fingerprint density at radius 2 is 2.06 bits per heavy atom. The first-order valence-electron chi connectivity index (χ1n) is 11.3. The summed E-state index contributed by atoms with van der Waals surface area (Å²) in [7, 11) is 0. The molecule has 5 rings (SSSR count). The molecule has 2 aliphatic heterocycles. The molecule has 0 unspecified atom stereocenters. The third kappa shape index (κ3) is 5.30. The second-order valence-electron chi connectivity index (χ2n) is 8.44. The van der Waals surface area contributed by atoms with E-state index in [0.29, 0.717) is 49.9 Å². The van der Waals surface area contributed by atoms with Crippen LogP contribution in [0.3, 0.4) is 0 Å². The Kier molecular flexibility index (Phi) is 6.91. The number of fused-ring (bicyclic) bond motifs is 2. The molecule has 0 aliphatic carbocycles. The van der Waals surface area contributed by atoms with Crippen LogP contribution in [0.15, 0.2) is 52.2 Å². The van der Waals surface area contributed by atoms with Crippen molar-refractivity contribution in [1.29, 1.82) is 0 Å². The van der Waals surface area contributed by atoms with E-state index in [0.717, 1.165) is 29.1 Å². The standard InChI is InChI=1S/C24H26FN5O3S/c25-17-3-1-16-2-6-23(32)30(20(16)11-17)8-7-29-9-10-33-19(14-29)13-26-12-18-4-5-21-24(27-18)28-22(31)15-34-21/h1-6,11,19,26H,7-10,12-15H2,(H,27,28,31)/t19-/m1/s1. The van der Waals surface area contributed by atoms with Crippen LogP contribution in [-0.2, 0) is 22.6 Å². The number of amides is 1. The third-order valence-electron chi connectivity index (χ3n) is 6.03. The van der Waals surface area contributed by atoms with Gasteiger partial charge in [-0.3, -0.25) is 14.5 Å². The predicted molar refractivity (Wildman–Crippen MR) is 130 cm³/mol. The van der Waals surface area contributed by atoms with E-state index in [9.17, 15) is 14.0 Å². The molecule has 8 nitrogen and oxygen atoms in total. The first-order valence-corrected chi connectivity index (χ1v) is 12.3. The number of rotatable bonds is 7. The Hall–Kier alpha value is -2.79. The topological polar surface area (TPSA) is 88.5 Å². The molecule has 1 amide bonds. The van der Waals surface area contributed by atoms with E-state index in [1.165, 1.54) is 30.0 Å². The Bertz CT molecular complexity index is 1270. The molecule has 0 radical (unpaired) electrons. The minimum absolute atomic E-state index is 0.0170. The summed E-state index contributed by atoms with van der Waals surface area (Å²) in [6.45, 7) is 4.55. The summed E-state index contributed by atoms with van der Waals surface area (Å²) < 4.78 is 21.3. The van der Waals surface area contributed by atoms with Crippen molar-refractivity contribution >= 4 is 34.4 Å². The predicted octanol–water partition coefficient (Wildman–Crippen LogP) is 2.07. The van der Waals surface area contributed by atoms with Crippen LogP contribution in [0.5, 0.6) is 0 Å². The molecule has 1 saturated heterocycles. The van der Waals surface area contributed by atoms with Gasteiger partial charge >= 0.3 is 0 Å². The maximum atomic E-state index is 13.8. The number of morpholine rings is 1. The number of carbonyl (C=O) groups excluding carboxylic acids is 1. The first kappa shape index (κ1) is 23.0. The van der Waals surface area contributed by atoms with Crippen LogP contribution in [0.2, 0.25) is 0 Å². The fourth-order valence-corrected chi connectivity index (χ4v) is 5.06. The number of hydrogen-bond donors (Lipinski definition) is 2. The van der Waals surface area contributed by atoms with Crippen molar-refractivity contribution in [2.24, 2.45) is 0 Å². The molecule has 1 fully saturated rings. The lowest BCUT2D eigenvalue weighted by Gasteiger charge is -2.33. The molecule has 4 heterocycles. The monoisotopic (exact) mass is 483 g/mol. The average Bonchev–Trinajstić information content (AvgIpc) is 2.83. The first-order chi connectivity index (χ1) is 16.5. The summed E-state index contributed by atoms with van der Waals surface area (Å²) in [5, 5.41) is 7.06. The molecule has 178 valence electrons. The number of nitrogens with zero attached hydrogens (tertiary/aromatic N) is 3. The van der Waals surface area contributed by atoms with Crippen LogP contribution in [0.4, 0.5) is 10.2 Å². The summed E-state index contributed by atoms with van der Waals surface area (Å²) in [6, 6.07) is 11.7. The number of carbonyl (C=O) groups is 1. The van der Waals surface area contributed by atoms with Gasteiger partial charge in [0.1, 0.15) is 11.6 Å². The van der Waals surface area contributed by atoms with Gasteiger partial charge in [-0.15, -0.1) is 11.8 Å². The SMILES string of the molecule is O=C1CSc2ccc(CNC[C@@H]3CN(CCn4c(=O)ccc5ccc(F)cc54)CCO3)nc2N1. The van der Waals surface area contributed by atoms with Crippen LogP contribution >= 0.6 is 11.8 Å². The van der Waals surface area contributed by atoms with Crippen LogP contribution in [-0.4, -0.2) is 65.0 Å². The summed E-state index contributed by atoms with van der Waals surface area (Å²) in [5.41, 5.74) is 1.35. The molecule has 0 bridgehead atoms. The molecule has 3 aromatic rings. The average molecular weight is 484 g/mol. The fraction of sp³-hybridized carbons (Fsp3) is 0.375. The number of thioether (sulfide) groups is 1. The molecule has 2 aromatic heterocycles. The highest BCUT2D eigenvalue weighted by molar-refractivity contribution is 8.00. The summed E-state index contributed by atoms with van der Waals surface area (Å²) in [4.78, 5) is 31.8. The molecule has 34 heavy (non-hydrogen) atoms. The van der Waals surface area contributed by atoms with Crippen molar-refractivity contribution in [1.82, 2.24) is 19.8 Å². The van der Waals surface area contributed by atoms with Gasteiger partial charge in [-0.25, -0.2) is 9.37 Å². The minimum Gasteiger partial charge on any atom is -0.374 e. The summed E-state index contributed by atoms with van der Waals surface area (Å²) in [6.07, 6.45) is 0.0170. The Morgan fingerprint density at radius 1 is 1.18 bits per heavy atom. The van der Waals surface area contributed by atoms with Gasteiger partial charge in [-0.05, 0) is 41.8 Å². The van der Waals surface area contributed by atoms with Crippen LogP contribution in [0.25, 0.3) is 10.9 Å². The minimum atomic E-state index is -0.348. The van der Waals surface area contributed by atoms with Gasteiger partial charge in [-0.1, -0.05) is 0 Å². The van der Waals surface area contributed by atoms with Gasteiger partial charge in [-0.2, -0.15) is 0 Å². The highest BCUT2D eigenvalue weighted by Gasteiger charge is 2.21. The lowest BCUT2D eigenvalue weighted by molar-refractivity contribution is -0.113. The van der Waals surface area contributed by atoms with Crippen LogP contribution < -0.4 is 16.2 Å². The molecular weight excluding hydrogens is 457 g/mol. The number of ether oxygens (including phenoxy) is 1. The summed E-state index contributed by atoms with van der Waals surface area (Å²) >= 11 is 1.50. The normalized spacial score (nSPS) is 18.6. The molecule has 1 atom stereocenters. The van der Waals surface area contributed by atoms with Crippen molar-refractivity contribution in [2.45, 2.75) is 24.1 Å². The largest absolute Gasteiger partial charge is 0.374 e. The number of benzene rings is 1. The lowest BCUT2D eigenvalue weighted by Crippen LogP contribution is -2.47. The zero-order chi connectivity index (χ0) is 23.5. The van der Waals surface area contributed by atoms with Crippen molar-refractivity contribution in [3.05, 3.63) is 64.3 Å². The second kappa shape index (κ2) is 10.2. The second-order valence-corrected chi connectivity index (χ2v) is 9.45. The van der Waals surface area contributed by atoms with Gasteiger partial charge in [0.05, 0.1) is 34.6 Å². The molecular formula is C24H26FN5O3S. The quantitative estimate of drug-likeness (QED) is 0.532. The highest BCUT2D eigenvalue weighted by atomic mass is 32.2. The van der Waals surface area contributed by atoms with E-state index in [4.69, 9.17) is 4.74 Å². The number of halogens is 1. The number of aromatic nitrogens is 2. The smallest absolute Gasteiger partial charge is 0.251 e. The number of anilines is 1. The zero-order valence-corrected chi connectivity index (χ0v) is 19.4. The third-order valence-corrected chi connectivity index (χ3v) is 7.08. The number of hydrogen-bond acceptors (Lipinski definition) is 7. The van der Waals surface area contributed by atoms with E-state index >= 15 is 0 Å². The molecule has 10 heteroatoms. The maximum Gasteiger partial charge on any atom is 0.251 e. The van der Waals surface area contributed by atoms with Gasteiger partial charge in [0.2, 0.25) is 5.91 Å². The maximum absolute atomic E-state index is 13.8. The van der Waals surface area contributed by atoms with Crippen molar-refractivity contribution in [2.75, 3.05) is 43.9 Å². The fourth-order valence-electron chi connectivity index (χ4n) is 4.30. The summed E-state index contributed by atoms with van der Waals surface area (Å²) in [5.74, 6) is 0.679. The number of nitrogens with one attached hydrogen (secondary N) is 2. The van der Waals surface area contributed by atoms with E-state index in [2.05, 4.69) is 20.5 Å². The van der Waals surface area contributed by atoms with Gasteiger partial charge < -0.3 is 19.9 Å². The van der Waals surface area contributed by atoms with E-state index in [-0.39, 0.29) is 23.4 Å². The number of pyridine rings is 2. The lowest BCUT2D eigenvalue weighted by atomic mass is 10.2. The van der Waals surface area contributed by atoms with Crippen molar-refractivity contribution in [3.8, 4) is 0 Å². The van der Waals surface area contributed by atoms with Crippen LogP contribution in [0.1, 0.15) is 5.69 Å². The Balaban J connectivity index is 1.14. The van der Waals surface area contributed by atoms with E-state index in [1.807, 2.05) is 12.1 Å². The molecule has 2 aliphatic rings. The zero-order valence-electron chi connectivity index (χ0n) is 18.6. The van der Waals surface area contributed by atoms with Crippen LogP contribution in [0, 0.1) is 5.82 Å². The van der Waals surface area contributed by atoms with Gasteiger partial charge in [0.15, 0.2) is 0 Å². The van der Waals surface area contributed by atoms with E-state index in [1.54, 1.807) is 16.7 Å². The van der Waals surface area contributed by atoms with Gasteiger partial charge in [0, 0.05) is 45.3 Å². The molecule has 1 aromatic carbocycles. The Morgan fingerprint density at radius 3 is 2.97 bits per heavy atom. The van der Waals surface area contributed by atoms with Gasteiger partial charge in [0.25, 0.3) is 5.56 Å².